The van der Waals surface area contributed by atoms with Gasteiger partial charge in [-0.1, -0.05) is 19.8 Å². The van der Waals surface area contributed by atoms with Crippen LogP contribution >= 0.6 is 0 Å². The van der Waals surface area contributed by atoms with Crippen LogP contribution in [0.5, 0.6) is 0 Å². The molecule has 0 amide bonds. The topological polar surface area (TPSA) is 24.5 Å². The summed E-state index contributed by atoms with van der Waals surface area (Å²) in [7, 11) is 4.45. The van der Waals surface area contributed by atoms with E-state index >= 15 is 0 Å². The van der Waals surface area contributed by atoms with Gasteiger partial charge in [-0.3, -0.25) is 0 Å². The van der Waals surface area contributed by atoms with Gasteiger partial charge < -0.3 is 15.0 Å². The quantitative estimate of drug-likeness (QED) is 0.722. The van der Waals surface area contributed by atoms with E-state index in [1.807, 2.05) is 0 Å². The molecule has 1 rings (SSSR count). The third-order valence-corrected chi connectivity index (χ3v) is 4.25. The molecule has 18 heavy (non-hydrogen) atoms. The Hall–Kier alpha value is -0.120. The Bertz CT molecular complexity index is 223. The SMILES string of the molecule is CCCNC(COC(C)C)C1(N(C)C)CCCC1. The van der Waals surface area contributed by atoms with Crippen molar-refractivity contribution in [3.05, 3.63) is 0 Å². The normalized spacial score (nSPS) is 20.8. The molecule has 1 aliphatic rings. The molecule has 0 radical (unpaired) electrons. The van der Waals surface area contributed by atoms with Gasteiger partial charge in [-0.15, -0.1) is 0 Å². The second-order valence-corrected chi connectivity index (χ2v) is 6.09. The molecule has 1 aliphatic carbocycles. The molecule has 1 fully saturated rings. The fourth-order valence-corrected chi connectivity index (χ4v) is 3.11. The number of nitrogens with one attached hydrogen (secondary N) is 1. The lowest BCUT2D eigenvalue weighted by Crippen LogP contribution is -2.59. The lowest BCUT2D eigenvalue weighted by molar-refractivity contribution is 0.00819. The highest BCUT2D eigenvalue weighted by Gasteiger charge is 2.42. The smallest absolute Gasteiger partial charge is 0.0641 e. The van der Waals surface area contributed by atoms with E-state index < -0.39 is 0 Å². The van der Waals surface area contributed by atoms with Crippen molar-refractivity contribution in [2.24, 2.45) is 0 Å². The molecule has 0 heterocycles. The van der Waals surface area contributed by atoms with Crippen LogP contribution in [0.25, 0.3) is 0 Å². The maximum absolute atomic E-state index is 5.90. The molecule has 3 nitrogen and oxygen atoms in total. The first-order valence-corrected chi connectivity index (χ1v) is 7.55. The minimum Gasteiger partial charge on any atom is -0.377 e. The first-order chi connectivity index (χ1) is 8.53. The van der Waals surface area contributed by atoms with E-state index in [0.717, 1.165) is 13.2 Å². The molecule has 1 unspecified atom stereocenters. The Morgan fingerprint density at radius 2 is 1.83 bits per heavy atom. The Morgan fingerprint density at radius 3 is 2.28 bits per heavy atom. The zero-order valence-corrected chi connectivity index (χ0v) is 13.0. The average molecular weight is 256 g/mol. The molecule has 0 aromatic rings. The van der Waals surface area contributed by atoms with Gasteiger partial charge in [0, 0.05) is 11.6 Å². The third kappa shape index (κ3) is 3.94. The molecule has 3 heteroatoms. The summed E-state index contributed by atoms with van der Waals surface area (Å²) in [6.07, 6.45) is 6.79. The maximum Gasteiger partial charge on any atom is 0.0641 e. The Labute approximate surface area is 113 Å². The highest BCUT2D eigenvalue weighted by Crippen LogP contribution is 2.37. The average Bonchev–Trinajstić information content (AvgIpc) is 2.79. The first-order valence-electron chi connectivity index (χ1n) is 7.55. The van der Waals surface area contributed by atoms with Crippen LogP contribution in [0, 0.1) is 0 Å². The highest BCUT2D eigenvalue weighted by molar-refractivity contribution is 5.02. The minimum atomic E-state index is 0.296. The van der Waals surface area contributed by atoms with Crippen LogP contribution in [-0.4, -0.2) is 49.8 Å². The molecule has 1 saturated carbocycles. The van der Waals surface area contributed by atoms with Crippen LogP contribution in [0.15, 0.2) is 0 Å². The Morgan fingerprint density at radius 1 is 1.22 bits per heavy atom. The second kappa shape index (κ2) is 7.46. The fraction of sp³-hybridized carbons (Fsp3) is 1.00. The van der Waals surface area contributed by atoms with Gasteiger partial charge in [0.1, 0.15) is 0 Å². The number of hydrogen-bond donors (Lipinski definition) is 1. The van der Waals surface area contributed by atoms with Crippen molar-refractivity contribution in [3.8, 4) is 0 Å². The summed E-state index contributed by atoms with van der Waals surface area (Å²) in [5.74, 6) is 0. The van der Waals surface area contributed by atoms with Crippen LogP contribution in [0.1, 0.15) is 52.9 Å². The molecule has 0 aromatic carbocycles. The predicted octanol–water partition coefficient (Wildman–Crippen LogP) is 2.65. The number of rotatable bonds is 8. The molecule has 0 spiro atoms. The molecule has 0 aliphatic heterocycles. The highest BCUT2D eigenvalue weighted by atomic mass is 16.5. The van der Waals surface area contributed by atoms with E-state index in [1.54, 1.807) is 0 Å². The van der Waals surface area contributed by atoms with Crippen molar-refractivity contribution in [2.75, 3.05) is 27.2 Å². The first kappa shape index (κ1) is 15.9. The van der Waals surface area contributed by atoms with E-state index in [4.69, 9.17) is 4.74 Å². The van der Waals surface area contributed by atoms with E-state index in [2.05, 4.69) is 45.1 Å². The predicted molar refractivity (Wildman–Crippen MR) is 78.1 cm³/mol. The number of nitrogens with zero attached hydrogens (tertiary/aromatic N) is 1. The van der Waals surface area contributed by atoms with Crippen molar-refractivity contribution in [3.63, 3.8) is 0 Å². The molecule has 0 bridgehead atoms. The largest absolute Gasteiger partial charge is 0.377 e. The Balaban J connectivity index is 2.70. The van der Waals surface area contributed by atoms with Gasteiger partial charge in [0.15, 0.2) is 0 Å². The zero-order valence-electron chi connectivity index (χ0n) is 13.0. The summed E-state index contributed by atoms with van der Waals surface area (Å²) in [6, 6.07) is 0.456. The van der Waals surface area contributed by atoms with E-state index in [-0.39, 0.29) is 0 Å². The van der Waals surface area contributed by atoms with Gasteiger partial charge in [0.05, 0.1) is 12.7 Å². The lowest BCUT2D eigenvalue weighted by atomic mass is 9.87. The monoisotopic (exact) mass is 256 g/mol. The number of ether oxygens (including phenoxy) is 1. The summed E-state index contributed by atoms with van der Waals surface area (Å²) in [5.41, 5.74) is 0.296. The van der Waals surface area contributed by atoms with Crippen molar-refractivity contribution in [1.82, 2.24) is 10.2 Å². The van der Waals surface area contributed by atoms with Gasteiger partial charge in [0.2, 0.25) is 0 Å². The second-order valence-electron chi connectivity index (χ2n) is 6.09. The summed E-state index contributed by atoms with van der Waals surface area (Å²) in [5, 5.41) is 3.72. The van der Waals surface area contributed by atoms with Gasteiger partial charge in [-0.05, 0) is 53.8 Å². The van der Waals surface area contributed by atoms with Gasteiger partial charge in [-0.25, -0.2) is 0 Å². The minimum absolute atomic E-state index is 0.296. The number of hydrogen-bond acceptors (Lipinski definition) is 3. The molecular formula is C15H32N2O. The lowest BCUT2D eigenvalue weighted by Gasteiger charge is -2.44. The van der Waals surface area contributed by atoms with Gasteiger partial charge in [-0.2, -0.15) is 0 Å². The zero-order chi connectivity index (χ0) is 13.6. The summed E-state index contributed by atoms with van der Waals surface area (Å²) >= 11 is 0. The molecular weight excluding hydrogens is 224 g/mol. The van der Waals surface area contributed by atoms with Crippen molar-refractivity contribution in [2.45, 2.75) is 70.6 Å². The van der Waals surface area contributed by atoms with Crippen molar-refractivity contribution < 1.29 is 4.74 Å². The molecule has 0 aromatic heterocycles. The van der Waals surface area contributed by atoms with Gasteiger partial charge >= 0.3 is 0 Å². The van der Waals surface area contributed by atoms with E-state index in [1.165, 1.54) is 32.1 Å². The fourth-order valence-electron chi connectivity index (χ4n) is 3.11. The number of likely N-dealkylation sites (N-methyl/N-ethyl adjacent to an activating group) is 1. The summed E-state index contributed by atoms with van der Waals surface area (Å²) in [4.78, 5) is 2.43. The third-order valence-electron chi connectivity index (χ3n) is 4.25. The van der Waals surface area contributed by atoms with E-state index in [9.17, 15) is 0 Å². The van der Waals surface area contributed by atoms with Gasteiger partial charge in [0.25, 0.3) is 0 Å². The van der Waals surface area contributed by atoms with Crippen LogP contribution in [0.2, 0.25) is 0 Å². The van der Waals surface area contributed by atoms with E-state index in [0.29, 0.717) is 17.7 Å². The van der Waals surface area contributed by atoms with Crippen molar-refractivity contribution in [1.29, 1.82) is 0 Å². The van der Waals surface area contributed by atoms with Crippen LogP contribution in [0.4, 0.5) is 0 Å². The standard InChI is InChI=1S/C15H32N2O/c1-6-11-16-14(12-18-13(2)3)15(17(4)5)9-7-8-10-15/h13-14,16H,6-12H2,1-5H3. The van der Waals surface area contributed by atoms with Crippen LogP contribution < -0.4 is 5.32 Å². The molecule has 1 atom stereocenters. The van der Waals surface area contributed by atoms with Crippen molar-refractivity contribution >= 4 is 0 Å². The molecule has 0 saturated heterocycles. The van der Waals surface area contributed by atoms with Crippen LogP contribution in [-0.2, 0) is 4.74 Å². The summed E-state index contributed by atoms with van der Waals surface area (Å²) < 4.78 is 5.90. The van der Waals surface area contributed by atoms with Crippen LogP contribution in [0.3, 0.4) is 0 Å². The molecule has 1 N–H and O–H groups in total. The summed E-state index contributed by atoms with van der Waals surface area (Å²) in [6.45, 7) is 8.38. The Kier molecular flexibility index (Phi) is 6.61. The molecule has 108 valence electrons. The maximum atomic E-state index is 5.90.